The van der Waals surface area contributed by atoms with Crippen molar-refractivity contribution >= 4 is 35.0 Å². The number of nitrogen functional groups attached to an aromatic ring is 1. The number of rotatable bonds is 8. The zero-order valence-corrected chi connectivity index (χ0v) is 19.7. The van der Waals surface area contributed by atoms with Crippen molar-refractivity contribution in [3.8, 4) is 5.69 Å². The van der Waals surface area contributed by atoms with E-state index < -0.39 is 17.0 Å². The zero-order chi connectivity index (χ0) is 24.2. The molecule has 0 spiro atoms. The molecule has 0 radical (unpaired) electrons. The summed E-state index contributed by atoms with van der Waals surface area (Å²) in [6.07, 6.45) is 0. The molecule has 12 heteroatoms. The van der Waals surface area contributed by atoms with Crippen LogP contribution in [0, 0.1) is 0 Å². The minimum Gasteiger partial charge on any atom is -0.384 e. The van der Waals surface area contributed by atoms with Gasteiger partial charge in [-0.05, 0) is 47.2 Å². The van der Waals surface area contributed by atoms with Crippen LogP contribution in [0.1, 0.15) is 22.8 Å². The number of hydrogen-bond acceptors (Lipinski definition) is 8. The summed E-state index contributed by atoms with van der Waals surface area (Å²) < 4.78 is 3.71. The molecule has 0 aliphatic carbocycles. The van der Waals surface area contributed by atoms with Crippen LogP contribution < -0.4 is 17.0 Å². The van der Waals surface area contributed by atoms with Gasteiger partial charge < -0.3 is 5.73 Å². The molecule has 0 aliphatic rings. The van der Waals surface area contributed by atoms with Crippen LogP contribution in [-0.4, -0.2) is 40.9 Å². The van der Waals surface area contributed by atoms with Crippen molar-refractivity contribution in [2.24, 2.45) is 0 Å². The van der Waals surface area contributed by atoms with Crippen LogP contribution >= 0.6 is 23.4 Å². The third kappa shape index (κ3) is 4.66. The van der Waals surface area contributed by atoms with Crippen LogP contribution in [0.4, 0.5) is 5.82 Å². The first kappa shape index (κ1) is 23.5. The summed E-state index contributed by atoms with van der Waals surface area (Å²) in [5.74, 6) is -0.839. The molecular weight excluding hydrogens is 478 g/mol. The lowest BCUT2D eigenvalue weighted by Crippen LogP contribution is -2.44. The second-order valence-electron chi connectivity index (χ2n) is 7.23. The lowest BCUT2D eigenvalue weighted by molar-refractivity contribution is 0.102. The highest BCUT2D eigenvalue weighted by atomic mass is 35.5. The molecule has 2 heterocycles. The zero-order valence-electron chi connectivity index (χ0n) is 18.1. The normalized spacial score (nSPS) is 11.0. The van der Waals surface area contributed by atoms with Crippen molar-refractivity contribution < 1.29 is 4.79 Å². The van der Waals surface area contributed by atoms with Gasteiger partial charge in [0.1, 0.15) is 11.4 Å². The Morgan fingerprint density at radius 3 is 2.44 bits per heavy atom. The molecule has 0 aliphatic heterocycles. The Labute approximate surface area is 203 Å². The Hall–Kier alpha value is -3.70. The van der Waals surface area contributed by atoms with Crippen molar-refractivity contribution in [1.29, 1.82) is 0 Å². The Morgan fingerprint density at radius 1 is 1.06 bits per heavy atom. The smallest absolute Gasteiger partial charge is 0.332 e. The summed E-state index contributed by atoms with van der Waals surface area (Å²) in [6.45, 7) is 1.90. The number of tetrazole rings is 1. The van der Waals surface area contributed by atoms with E-state index in [1.807, 2.05) is 30.3 Å². The number of carbonyl (C=O) groups is 1. The summed E-state index contributed by atoms with van der Waals surface area (Å²) in [5, 5.41) is 12.5. The molecular formula is C22H20ClN7O3S. The van der Waals surface area contributed by atoms with E-state index in [0.717, 1.165) is 21.9 Å². The number of hydrogen-bond donors (Lipinski definition) is 1. The van der Waals surface area contributed by atoms with E-state index in [0.29, 0.717) is 15.9 Å². The predicted molar refractivity (Wildman–Crippen MR) is 130 cm³/mol. The molecule has 0 saturated carbocycles. The monoisotopic (exact) mass is 497 g/mol. The fourth-order valence-electron chi connectivity index (χ4n) is 3.39. The van der Waals surface area contributed by atoms with Gasteiger partial charge in [0.05, 0.1) is 18.0 Å². The Kier molecular flexibility index (Phi) is 6.94. The quantitative estimate of drug-likeness (QED) is 0.290. The van der Waals surface area contributed by atoms with E-state index in [-0.39, 0.29) is 30.2 Å². The highest BCUT2D eigenvalue weighted by Gasteiger charge is 2.23. The van der Waals surface area contributed by atoms with Crippen molar-refractivity contribution in [3.63, 3.8) is 0 Å². The third-order valence-electron chi connectivity index (χ3n) is 5.09. The van der Waals surface area contributed by atoms with Crippen LogP contribution in [0.5, 0.6) is 0 Å². The largest absolute Gasteiger partial charge is 0.384 e. The van der Waals surface area contributed by atoms with Gasteiger partial charge in [-0.1, -0.05) is 53.7 Å². The molecule has 174 valence electrons. The number of nitrogens with zero attached hydrogens (tertiary/aromatic N) is 6. The first-order valence-corrected chi connectivity index (χ1v) is 11.6. The maximum Gasteiger partial charge on any atom is 0.332 e. The molecule has 4 aromatic rings. The number of aromatic nitrogens is 6. The molecule has 0 amide bonds. The number of benzene rings is 2. The van der Waals surface area contributed by atoms with Gasteiger partial charge in [-0.2, -0.15) is 4.68 Å². The summed E-state index contributed by atoms with van der Waals surface area (Å²) in [5.41, 5.74) is 6.17. The van der Waals surface area contributed by atoms with E-state index in [4.69, 9.17) is 17.3 Å². The lowest BCUT2D eigenvalue weighted by Gasteiger charge is -2.15. The molecule has 2 N–H and O–H groups in total. The van der Waals surface area contributed by atoms with Crippen LogP contribution in [0.15, 0.2) is 69.3 Å². The molecule has 0 unspecified atom stereocenters. The minimum atomic E-state index is -0.711. The molecule has 0 atom stereocenters. The van der Waals surface area contributed by atoms with Crippen LogP contribution in [0.25, 0.3) is 5.69 Å². The third-order valence-corrected chi connectivity index (χ3v) is 6.26. The molecule has 2 aromatic heterocycles. The lowest BCUT2D eigenvalue weighted by atomic mass is 10.2. The Balaban J connectivity index is 1.65. The van der Waals surface area contributed by atoms with Gasteiger partial charge in [0.25, 0.3) is 5.56 Å². The first-order chi connectivity index (χ1) is 16.4. The number of ketones is 1. The average molecular weight is 498 g/mol. The average Bonchev–Trinajstić information content (AvgIpc) is 3.30. The predicted octanol–water partition coefficient (Wildman–Crippen LogP) is 2.26. The van der Waals surface area contributed by atoms with Gasteiger partial charge >= 0.3 is 5.69 Å². The fraction of sp³-hybridized carbons (Fsp3) is 0.182. The fourth-order valence-corrected chi connectivity index (χ4v) is 4.28. The van der Waals surface area contributed by atoms with Crippen molar-refractivity contribution in [2.75, 3.05) is 11.5 Å². The molecule has 2 aromatic carbocycles. The summed E-state index contributed by atoms with van der Waals surface area (Å²) in [6, 6.07) is 16.1. The van der Waals surface area contributed by atoms with E-state index in [1.54, 1.807) is 31.2 Å². The van der Waals surface area contributed by atoms with Crippen molar-refractivity contribution in [3.05, 3.63) is 91.6 Å². The second kappa shape index (κ2) is 10.1. The molecule has 4 rings (SSSR count). The summed E-state index contributed by atoms with van der Waals surface area (Å²) >= 11 is 6.99. The number of nitrogens with two attached hydrogens (primary N) is 1. The number of halogens is 1. The molecule has 0 fully saturated rings. The highest BCUT2D eigenvalue weighted by molar-refractivity contribution is 7.99. The number of Topliss-reactive ketones (excluding diaryl/α,β-unsaturated/α-hetero) is 1. The summed E-state index contributed by atoms with van der Waals surface area (Å²) in [4.78, 5) is 39.0. The van der Waals surface area contributed by atoms with Gasteiger partial charge in [0.2, 0.25) is 5.16 Å². The SMILES string of the molecule is CCn1c(=O)c(C(=O)CSc2nnnn2-c2ccc(Cl)cc2)c(N)n(Cc2ccccc2)c1=O. The highest BCUT2D eigenvalue weighted by Crippen LogP contribution is 2.21. The van der Waals surface area contributed by atoms with E-state index in [2.05, 4.69) is 15.5 Å². The Morgan fingerprint density at radius 2 is 1.76 bits per heavy atom. The summed E-state index contributed by atoms with van der Waals surface area (Å²) in [7, 11) is 0. The van der Waals surface area contributed by atoms with Gasteiger partial charge in [0, 0.05) is 11.6 Å². The second-order valence-corrected chi connectivity index (χ2v) is 8.60. The first-order valence-electron chi connectivity index (χ1n) is 10.3. The number of anilines is 1. The van der Waals surface area contributed by atoms with E-state index in [9.17, 15) is 14.4 Å². The van der Waals surface area contributed by atoms with Gasteiger partial charge in [0.15, 0.2) is 5.78 Å². The minimum absolute atomic E-state index is 0.106. The van der Waals surface area contributed by atoms with Crippen molar-refractivity contribution in [1.82, 2.24) is 29.3 Å². The molecule has 0 bridgehead atoms. The standard InChI is InChI=1S/C22H20ClN7O3S/c1-2-28-20(32)18(19(24)29(22(28)33)12-14-6-4-3-5-7-14)17(31)13-34-21-25-26-27-30(21)16-10-8-15(23)9-11-16/h3-11H,2,12-13,24H2,1H3. The van der Waals surface area contributed by atoms with Crippen LogP contribution in [-0.2, 0) is 13.1 Å². The topological polar surface area (TPSA) is 131 Å². The molecule has 34 heavy (non-hydrogen) atoms. The molecule has 10 nitrogen and oxygen atoms in total. The number of carbonyl (C=O) groups excluding carboxylic acids is 1. The molecule has 0 saturated heterocycles. The van der Waals surface area contributed by atoms with E-state index in [1.165, 1.54) is 9.25 Å². The van der Waals surface area contributed by atoms with E-state index >= 15 is 0 Å². The van der Waals surface area contributed by atoms with Crippen LogP contribution in [0.3, 0.4) is 0 Å². The van der Waals surface area contributed by atoms with Gasteiger partial charge in [-0.15, -0.1) is 5.10 Å². The van der Waals surface area contributed by atoms with Crippen molar-refractivity contribution in [2.45, 2.75) is 25.2 Å². The Bertz CT molecular complexity index is 1450. The van der Waals surface area contributed by atoms with Gasteiger partial charge in [-0.3, -0.25) is 18.7 Å². The van der Waals surface area contributed by atoms with Crippen LogP contribution in [0.2, 0.25) is 5.02 Å². The maximum absolute atomic E-state index is 13.1. The van der Waals surface area contributed by atoms with Gasteiger partial charge in [-0.25, -0.2) is 4.79 Å². The maximum atomic E-state index is 13.1. The number of thioether (sulfide) groups is 1.